The van der Waals surface area contributed by atoms with Crippen molar-refractivity contribution < 1.29 is 4.74 Å². The number of hydrogen-bond donors (Lipinski definition) is 1. The van der Waals surface area contributed by atoms with Crippen molar-refractivity contribution in [2.45, 2.75) is 45.4 Å². The molecule has 0 bridgehead atoms. The van der Waals surface area contributed by atoms with E-state index in [-0.39, 0.29) is 6.04 Å². The lowest BCUT2D eigenvalue weighted by Gasteiger charge is -2.11. The molecular weight excluding hydrogens is 250 g/mol. The number of nitrogens with zero attached hydrogens (tertiary/aromatic N) is 2. The quantitative estimate of drug-likeness (QED) is 0.930. The largest absolute Gasteiger partial charge is 0.487 e. The molecule has 2 N–H and O–H groups in total. The Bertz CT molecular complexity index is 604. The van der Waals surface area contributed by atoms with Gasteiger partial charge in [0.1, 0.15) is 12.4 Å². The van der Waals surface area contributed by atoms with Crippen LogP contribution in [0.15, 0.2) is 30.5 Å². The van der Waals surface area contributed by atoms with Crippen molar-refractivity contribution in [3.63, 3.8) is 0 Å². The van der Waals surface area contributed by atoms with Gasteiger partial charge in [0.15, 0.2) is 0 Å². The van der Waals surface area contributed by atoms with Gasteiger partial charge in [0.05, 0.1) is 5.69 Å². The molecular formula is C16H21N3O. The van der Waals surface area contributed by atoms with Crippen LogP contribution in [0.4, 0.5) is 0 Å². The molecule has 1 heterocycles. The van der Waals surface area contributed by atoms with E-state index in [1.807, 2.05) is 29.1 Å². The van der Waals surface area contributed by atoms with Crippen LogP contribution >= 0.6 is 0 Å². The lowest BCUT2D eigenvalue weighted by molar-refractivity contribution is 0.296. The van der Waals surface area contributed by atoms with E-state index in [9.17, 15) is 0 Å². The normalized spacial score (nSPS) is 17.5. The van der Waals surface area contributed by atoms with Crippen LogP contribution in [0.25, 0.3) is 0 Å². The number of rotatable bonds is 4. The third-order valence-electron chi connectivity index (χ3n) is 3.84. The highest BCUT2D eigenvalue weighted by atomic mass is 16.5. The van der Waals surface area contributed by atoms with Gasteiger partial charge in [-0.3, -0.25) is 4.68 Å². The standard InChI is InChI=1S/C16H21N3O/c1-11(2)19-9-8-12(18-19)10-20-16-5-3-4-13-14(16)6-7-15(13)17/h3-5,8-9,11,15H,6-7,10,17H2,1-2H3. The van der Waals surface area contributed by atoms with Crippen molar-refractivity contribution in [1.29, 1.82) is 0 Å². The molecule has 0 amide bonds. The van der Waals surface area contributed by atoms with Crippen molar-refractivity contribution in [2.24, 2.45) is 5.73 Å². The molecule has 0 saturated carbocycles. The first-order chi connectivity index (χ1) is 9.65. The summed E-state index contributed by atoms with van der Waals surface area (Å²) in [5.41, 5.74) is 9.54. The first-order valence-electron chi connectivity index (χ1n) is 7.19. The molecule has 4 heteroatoms. The molecule has 1 aromatic carbocycles. The molecule has 0 aliphatic heterocycles. The van der Waals surface area contributed by atoms with E-state index in [1.54, 1.807) is 0 Å². The van der Waals surface area contributed by atoms with Gasteiger partial charge >= 0.3 is 0 Å². The first kappa shape index (κ1) is 13.2. The van der Waals surface area contributed by atoms with Crippen molar-refractivity contribution in [1.82, 2.24) is 9.78 Å². The minimum Gasteiger partial charge on any atom is -0.487 e. The van der Waals surface area contributed by atoms with Crippen LogP contribution in [0.5, 0.6) is 5.75 Å². The van der Waals surface area contributed by atoms with Gasteiger partial charge in [0.2, 0.25) is 0 Å². The molecule has 1 unspecified atom stereocenters. The molecule has 20 heavy (non-hydrogen) atoms. The predicted octanol–water partition coefficient (Wildman–Crippen LogP) is 2.99. The number of benzene rings is 1. The van der Waals surface area contributed by atoms with E-state index in [4.69, 9.17) is 10.5 Å². The van der Waals surface area contributed by atoms with Gasteiger partial charge in [-0.2, -0.15) is 5.10 Å². The fourth-order valence-corrected chi connectivity index (χ4v) is 2.68. The highest BCUT2D eigenvalue weighted by Crippen LogP contribution is 2.35. The minimum atomic E-state index is 0.161. The molecule has 0 spiro atoms. The molecule has 0 saturated heterocycles. The molecule has 1 atom stereocenters. The maximum atomic E-state index is 6.09. The summed E-state index contributed by atoms with van der Waals surface area (Å²) in [6, 6.07) is 8.70. The lowest BCUT2D eigenvalue weighted by Crippen LogP contribution is -2.06. The van der Waals surface area contributed by atoms with E-state index < -0.39 is 0 Å². The van der Waals surface area contributed by atoms with E-state index in [2.05, 4.69) is 25.0 Å². The fraction of sp³-hybridized carbons (Fsp3) is 0.438. The lowest BCUT2D eigenvalue weighted by atomic mass is 10.1. The van der Waals surface area contributed by atoms with Crippen LogP contribution < -0.4 is 10.5 Å². The SMILES string of the molecule is CC(C)n1ccc(COc2cccc3c2CCC3N)n1. The Morgan fingerprint density at radius 3 is 3.00 bits per heavy atom. The maximum absolute atomic E-state index is 6.09. The van der Waals surface area contributed by atoms with E-state index in [1.165, 1.54) is 11.1 Å². The van der Waals surface area contributed by atoms with Gasteiger partial charge in [-0.05, 0) is 49.9 Å². The van der Waals surface area contributed by atoms with Crippen molar-refractivity contribution >= 4 is 0 Å². The highest BCUT2D eigenvalue weighted by molar-refractivity contribution is 5.44. The monoisotopic (exact) mass is 271 g/mol. The summed E-state index contributed by atoms with van der Waals surface area (Å²) < 4.78 is 7.89. The summed E-state index contributed by atoms with van der Waals surface area (Å²) in [5, 5.41) is 4.50. The summed E-state index contributed by atoms with van der Waals surface area (Å²) >= 11 is 0. The average molecular weight is 271 g/mol. The van der Waals surface area contributed by atoms with Crippen molar-refractivity contribution in [3.8, 4) is 5.75 Å². The van der Waals surface area contributed by atoms with E-state index in [0.717, 1.165) is 24.3 Å². The zero-order valence-corrected chi connectivity index (χ0v) is 12.0. The summed E-state index contributed by atoms with van der Waals surface area (Å²) in [4.78, 5) is 0. The van der Waals surface area contributed by atoms with E-state index in [0.29, 0.717) is 12.6 Å². The first-order valence-corrected chi connectivity index (χ1v) is 7.19. The van der Waals surface area contributed by atoms with Crippen LogP contribution in [0.3, 0.4) is 0 Å². The van der Waals surface area contributed by atoms with Crippen molar-refractivity contribution in [2.75, 3.05) is 0 Å². The molecule has 2 aromatic rings. The molecule has 0 radical (unpaired) electrons. The average Bonchev–Trinajstić information content (AvgIpc) is 3.04. The molecule has 106 valence electrons. The Morgan fingerprint density at radius 2 is 2.25 bits per heavy atom. The minimum absolute atomic E-state index is 0.161. The Balaban J connectivity index is 1.73. The second kappa shape index (κ2) is 5.29. The van der Waals surface area contributed by atoms with Crippen LogP contribution in [0.1, 0.15) is 49.2 Å². The number of hydrogen-bond acceptors (Lipinski definition) is 3. The number of ether oxygens (including phenoxy) is 1. The highest BCUT2D eigenvalue weighted by Gasteiger charge is 2.22. The number of aromatic nitrogens is 2. The zero-order valence-electron chi connectivity index (χ0n) is 12.0. The molecule has 1 aliphatic rings. The molecule has 3 rings (SSSR count). The Morgan fingerprint density at radius 1 is 1.40 bits per heavy atom. The maximum Gasteiger partial charge on any atom is 0.132 e. The van der Waals surface area contributed by atoms with E-state index >= 15 is 0 Å². The second-order valence-corrected chi connectivity index (χ2v) is 5.64. The van der Waals surface area contributed by atoms with Crippen LogP contribution in [0.2, 0.25) is 0 Å². The van der Waals surface area contributed by atoms with Gasteiger partial charge in [0.25, 0.3) is 0 Å². The summed E-state index contributed by atoms with van der Waals surface area (Å²) in [6.07, 6.45) is 4.01. The third kappa shape index (κ3) is 2.43. The smallest absolute Gasteiger partial charge is 0.132 e. The topological polar surface area (TPSA) is 53.1 Å². The summed E-state index contributed by atoms with van der Waals surface area (Å²) in [5.74, 6) is 0.953. The number of fused-ring (bicyclic) bond motifs is 1. The second-order valence-electron chi connectivity index (χ2n) is 5.64. The van der Waals surface area contributed by atoms with Crippen LogP contribution in [-0.2, 0) is 13.0 Å². The number of nitrogens with two attached hydrogens (primary N) is 1. The zero-order chi connectivity index (χ0) is 14.1. The molecule has 1 aromatic heterocycles. The van der Waals surface area contributed by atoms with Gasteiger partial charge in [0, 0.05) is 18.3 Å². The fourth-order valence-electron chi connectivity index (χ4n) is 2.68. The Hall–Kier alpha value is -1.81. The summed E-state index contributed by atoms with van der Waals surface area (Å²) in [6.45, 7) is 4.73. The van der Waals surface area contributed by atoms with Crippen LogP contribution in [0, 0.1) is 0 Å². The van der Waals surface area contributed by atoms with Crippen molar-refractivity contribution in [3.05, 3.63) is 47.3 Å². The molecule has 1 aliphatic carbocycles. The Labute approximate surface area is 119 Å². The Kier molecular flexibility index (Phi) is 3.49. The van der Waals surface area contributed by atoms with Gasteiger partial charge < -0.3 is 10.5 Å². The molecule has 4 nitrogen and oxygen atoms in total. The molecule has 0 fully saturated rings. The third-order valence-corrected chi connectivity index (χ3v) is 3.84. The van der Waals surface area contributed by atoms with Gasteiger partial charge in [-0.25, -0.2) is 0 Å². The van der Waals surface area contributed by atoms with Gasteiger partial charge in [-0.1, -0.05) is 12.1 Å². The van der Waals surface area contributed by atoms with Gasteiger partial charge in [-0.15, -0.1) is 0 Å². The summed E-state index contributed by atoms with van der Waals surface area (Å²) in [7, 11) is 0. The predicted molar refractivity (Wildman–Crippen MR) is 78.6 cm³/mol. The van der Waals surface area contributed by atoms with Crippen LogP contribution in [-0.4, -0.2) is 9.78 Å².